The Balaban J connectivity index is 1.58. The molecule has 8 heteroatoms. The van der Waals surface area contributed by atoms with E-state index in [2.05, 4.69) is 16.3 Å². The number of H-pyrrole nitrogens is 1. The first-order chi connectivity index (χ1) is 14.0. The number of halogens is 2. The normalized spacial score (nSPS) is 15.4. The van der Waals surface area contributed by atoms with E-state index in [-0.39, 0.29) is 11.8 Å². The summed E-state index contributed by atoms with van der Waals surface area (Å²) in [4.78, 5) is 0. The molecule has 0 radical (unpaired) electrons. The number of benzene rings is 2. The average molecular weight is 427 g/mol. The fraction of sp³-hybridized carbons (Fsp3) is 0.143. The number of allylic oxidation sites excluding steroid dienone is 1. The third kappa shape index (κ3) is 3.63. The van der Waals surface area contributed by atoms with E-state index in [0.717, 1.165) is 22.4 Å². The number of nitrogens with one attached hydrogen (secondary N) is 1. The molecule has 29 heavy (non-hydrogen) atoms. The molecule has 1 aliphatic heterocycles. The lowest BCUT2D eigenvalue weighted by Gasteiger charge is -2.23. The van der Waals surface area contributed by atoms with Crippen LogP contribution in [0.3, 0.4) is 0 Å². The number of aryl methyl sites for hydroxylation is 1. The SMILES string of the molecule is Cc1[nH]nc2c1[C@@H](c1ccc(OCc3ccc(Cl)c(Cl)c3)cc1)C(C#N)=C(N)O2. The topological polar surface area (TPSA) is 97.0 Å². The molecule has 3 N–H and O–H groups in total. The molecule has 0 bridgehead atoms. The molecule has 6 nitrogen and oxygen atoms in total. The van der Waals surface area contributed by atoms with Gasteiger partial charge in [0.15, 0.2) is 0 Å². The van der Waals surface area contributed by atoms with Gasteiger partial charge in [0.1, 0.15) is 24.0 Å². The van der Waals surface area contributed by atoms with Gasteiger partial charge in [-0.15, -0.1) is 5.10 Å². The van der Waals surface area contributed by atoms with Gasteiger partial charge in [0.25, 0.3) is 0 Å². The van der Waals surface area contributed by atoms with Crippen LogP contribution in [-0.4, -0.2) is 10.2 Å². The molecule has 0 fully saturated rings. The lowest BCUT2D eigenvalue weighted by atomic mass is 9.84. The van der Waals surface area contributed by atoms with Gasteiger partial charge in [-0.2, -0.15) is 5.26 Å². The summed E-state index contributed by atoms with van der Waals surface area (Å²) >= 11 is 12.0. The number of nitrogens with two attached hydrogens (primary N) is 1. The van der Waals surface area contributed by atoms with Crippen LogP contribution >= 0.6 is 23.2 Å². The van der Waals surface area contributed by atoms with Crippen LogP contribution in [0, 0.1) is 18.3 Å². The number of ether oxygens (including phenoxy) is 2. The van der Waals surface area contributed by atoms with Gasteiger partial charge in [-0.25, -0.2) is 0 Å². The molecule has 1 atom stereocenters. The highest BCUT2D eigenvalue weighted by molar-refractivity contribution is 6.42. The molecule has 0 unspecified atom stereocenters. The van der Waals surface area contributed by atoms with Gasteiger partial charge in [0, 0.05) is 11.3 Å². The molecule has 0 spiro atoms. The number of hydrogen-bond donors (Lipinski definition) is 2. The van der Waals surface area contributed by atoms with Crippen molar-refractivity contribution < 1.29 is 9.47 Å². The Kier molecular flexibility index (Phi) is 5.10. The summed E-state index contributed by atoms with van der Waals surface area (Å²) in [6.07, 6.45) is 0. The summed E-state index contributed by atoms with van der Waals surface area (Å²) in [6.45, 7) is 2.24. The van der Waals surface area contributed by atoms with Crippen LogP contribution in [0.4, 0.5) is 0 Å². The highest BCUT2D eigenvalue weighted by Crippen LogP contribution is 2.42. The fourth-order valence-corrected chi connectivity index (χ4v) is 3.61. The van der Waals surface area contributed by atoms with Crippen molar-refractivity contribution in [1.82, 2.24) is 10.2 Å². The monoisotopic (exact) mass is 426 g/mol. The van der Waals surface area contributed by atoms with Crippen molar-refractivity contribution in [3.05, 3.63) is 86.4 Å². The summed E-state index contributed by atoms with van der Waals surface area (Å²) in [5.74, 6) is 0.790. The van der Waals surface area contributed by atoms with Crippen molar-refractivity contribution in [3.63, 3.8) is 0 Å². The highest BCUT2D eigenvalue weighted by atomic mass is 35.5. The smallest absolute Gasteiger partial charge is 0.244 e. The Hall–Kier alpha value is -3.14. The highest BCUT2D eigenvalue weighted by Gasteiger charge is 2.34. The van der Waals surface area contributed by atoms with E-state index in [1.54, 1.807) is 12.1 Å². The van der Waals surface area contributed by atoms with Crippen LogP contribution in [0.15, 0.2) is 53.9 Å². The number of rotatable bonds is 4. The number of nitriles is 1. The molecule has 2 heterocycles. The Morgan fingerprint density at radius 3 is 2.66 bits per heavy atom. The Bertz CT molecular complexity index is 1150. The predicted octanol–water partition coefficient (Wildman–Crippen LogP) is 4.82. The Labute approximate surface area is 177 Å². The first kappa shape index (κ1) is 19.2. The van der Waals surface area contributed by atoms with E-state index >= 15 is 0 Å². The summed E-state index contributed by atoms with van der Waals surface area (Å²) in [7, 11) is 0. The third-order valence-corrected chi connectivity index (χ3v) is 5.47. The standard InChI is InChI=1S/C21H16Cl2N4O2/c1-11-18-19(15(9-24)20(25)29-21(18)27-26-11)13-3-5-14(6-4-13)28-10-12-2-7-16(22)17(23)8-12/h2-8,19H,10,25H2,1H3,(H,26,27)/t19-/m0/s1. The van der Waals surface area contributed by atoms with E-state index in [1.807, 2.05) is 37.3 Å². The molecule has 2 aromatic carbocycles. The fourth-order valence-electron chi connectivity index (χ4n) is 3.28. The van der Waals surface area contributed by atoms with Gasteiger partial charge in [-0.3, -0.25) is 5.10 Å². The summed E-state index contributed by atoms with van der Waals surface area (Å²) in [6, 6.07) is 15.0. The summed E-state index contributed by atoms with van der Waals surface area (Å²) < 4.78 is 11.3. The maximum Gasteiger partial charge on any atom is 0.244 e. The average Bonchev–Trinajstić information content (AvgIpc) is 3.08. The molecule has 1 aromatic heterocycles. The first-order valence-electron chi connectivity index (χ1n) is 8.77. The molecular formula is C21H16Cl2N4O2. The summed E-state index contributed by atoms with van der Waals surface area (Å²) in [5.41, 5.74) is 9.73. The zero-order chi connectivity index (χ0) is 20.5. The van der Waals surface area contributed by atoms with Gasteiger partial charge < -0.3 is 15.2 Å². The van der Waals surface area contributed by atoms with Gasteiger partial charge in [0.05, 0.1) is 16.0 Å². The van der Waals surface area contributed by atoms with Crippen LogP contribution in [0.5, 0.6) is 11.6 Å². The minimum Gasteiger partial charge on any atom is -0.489 e. The zero-order valence-corrected chi connectivity index (χ0v) is 16.9. The van der Waals surface area contributed by atoms with Crippen LogP contribution in [0.25, 0.3) is 0 Å². The number of hydrogen-bond acceptors (Lipinski definition) is 5. The molecule has 1 aliphatic rings. The van der Waals surface area contributed by atoms with Crippen molar-refractivity contribution >= 4 is 23.2 Å². The molecular weight excluding hydrogens is 411 g/mol. The molecule has 0 saturated heterocycles. The van der Waals surface area contributed by atoms with Crippen LogP contribution in [-0.2, 0) is 6.61 Å². The molecule has 0 amide bonds. The van der Waals surface area contributed by atoms with Gasteiger partial charge in [-0.1, -0.05) is 41.4 Å². The lowest BCUT2D eigenvalue weighted by Crippen LogP contribution is -2.21. The third-order valence-electron chi connectivity index (χ3n) is 4.73. The zero-order valence-electron chi connectivity index (χ0n) is 15.4. The van der Waals surface area contributed by atoms with Gasteiger partial charge in [0.2, 0.25) is 11.8 Å². The second-order valence-electron chi connectivity index (χ2n) is 6.60. The molecule has 146 valence electrons. The van der Waals surface area contributed by atoms with Crippen LogP contribution < -0.4 is 15.2 Å². The second kappa shape index (κ2) is 7.70. The van der Waals surface area contributed by atoms with Gasteiger partial charge in [-0.05, 0) is 42.3 Å². The Morgan fingerprint density at radius 2 is 1.97 bits per heavy atom. The van der Waals surface area contributed by atoms with Crippen molar-refractivity contribution in [2.24, 2.45) is 5.73 Å². The maximum atomic E-state index is 9.61. The maximum absolute atomic E-state index is 9.61. The number of aromatic nitrogens is 2. The van der Waals surface area contributed by atoms with Crippen LogP contribution in [0.2, 0.25) is 10.0 Å². The quantitative estimate of drug-likeness (QED) is 0.622. The van der Waals surface area contributed by atoms with E-state index in [9.17, 15) is 5.26 Å². The second-order valence-corrected chi connectivity index (χ2v) is 7.41. The Morgan fingerprint density at radius 1 is 1.21 bits per heavy atom. The lowest BCUT2D eigenvalue weighted by molar-refractivity contribution is 0.306. The molecule has 3 aromatic rings. The van der Waals surface area contributed by atoms with E-state index in [0.29, 0.717) is 33.9 Å². The number of fused-ring (bicyclic) bond motifs is 1. The van der Waals surface area contributed by atoms with Crippen molar-refractivity contribution in [2.45, 2.75) is 19.4 Å². The van der Waals surface area contributed by atoms with Crippen molar-refractivity contribution in [3.8, 4) is 17.7 Å². The number of aromatic amines is 1. The molecule has 0 aliphatic carbocycles. The van der Waals surface area contributed by atoms with Crippen molar-refractivity contribution in [1.29, 1.82) is 5.26 Å². The minimum absolute atomic E-state index is 0.0662. The molecule has 4 rings (SSSR count). The van der Waals surface area contributed by atoms with E-state index in [1.165, 1.54) is 0 Å². The largest absolute Gasteiger partial charge is 0.489 e. The first-order valence-corrected chi connectivity index (χ1v) is 9.52. The van der Waals surface area contributed by atoms with E-state index < -0.39 is 0 Å². The van der Waals surface area contributed by atoms with Crippen LogP contribution in [0.1, 0.15) is 28.3 Å². The van der Waals surface area contributed by atoms with Gasteiger partial charge >= 0.3 is 0 Å². The minimum atomic E-state index is -0.355. The number of nitrogens with zero attached hydrogens (tertiary/aromatic N) is 2. The summed E-state index contributed by atoms with van der Waals surface area (Å²) in [5, 5.41) is 17.6. The van der Waals surface area contributed by atoms with E-state index in [4.69, 9.17) is 38.4 Å². The predicted molar refractivity (Wildman–Crippen MR) is 110 cm³/mol. The van der Waals surface area contributed by atoms with Crippen molar-refractivity contribution in [2.75, 3.05) is 0 Å². The molecule has 0 saturated carbocycles.